The summed E-state index contributed by atoms with van der Waals surface area (Å²) in [5.41, 5.74) is 2.42. The lowest BCUT2D eigenvalue weighted by molar-refractivity contribution is -0.139. The molecule has 2 N–H and O–H groups in total. The first-order chi connectivity index (χ1) is 14.4. The fraction of sp³-hybridized carbons (Fsp3) is 0.273. The summed E-state index contributed by atoms with van der Waals surface area (Å²) in [4.78, 5) is 24.5. The third-order valence-corrected chi connectivity index (χ3v) is 4.85. The summed E-state index contributed by atoms with van der Waals surface area (Å²) in [7, 11) is 1.53. The molecule has 0 aromatic heterocycles. The molecular weight excluding hydrogens is 408 g/mol. The van der Waals surface area contributed by atoms with Crippen LogP contribution in [0.4, 0.5) is 4.79 Å². The van der Waals surface area contributed by atoms with E-state index in [1.54, 1.807) is 44.2 Å². The van der Waals surface area contributed by atoms with E-state index in [1.807, 2.05) is 12.1 Å². The minimum absolute atomic E-state index is 0.233. The van der Waals surface area contributed by atoms with Gasteiger partial charge < -0.3 is 24.8 Å². The molecule has 1 atom stereocenters. The van der Waals surface area contributed by atoms with Crippen molar-refractivity contribution in [3.05, 3.63) is 69.9 Å². The van der Waals surface area contributed by atoms with Crippen molar-refractivity contribution in [3.8, 4) is 11.5 Å². The van der Waals surface area contributed by atoms with Crippen LogP contribution in [0.3, 0.4) is 0 Å². The summed E-state index contributed by atoms with van der Waals surface area (Å²) in [5.74, 6) is 0.527. The summed E-state index contributed by atoms with van der Waals surface area (Å²) in [6.07, 6.45) is 0. The molecule has 0 bridgehead atoms. The van der Waals surface area contributed by atoms with E-state index in [9.17, 15) is 9.59 Å². The predicted octanol–water partition coefficient (Wildman–Crippen LogP) is 4.12. The van der Waals surface area contributed by atoms with E-state index in [-0.39, 0.29) is 6.61 Å². The van der Waals surface area contributed by atoms with E-state index in [2.05, 4.69) is 10.6 Å². The summed E-state index contributed by atoms with van der Waals surface area (Å²) >= 11 is 5.91. The van der Waals surface area contributed by atoms with Crippen LogP contribution in [0.1, 0.15) is 31.0 Å². The quantitative estimate of drug-likeness (QED) is 0.645. The van der Waals surface area contributed by atoms with Gasteiger partial charge in [-0.3, -0.25) is 0 Å². The number of halogens is 1. The third-order valence-electron chi connectivity index (χ3n) is 4.59. The molecule has 8 heteroatoms. The second-order valence-electron chi connectivity index (χ2n) is 6.62. The Morgan fingerprint density at radius 1 is 1.13 bits per heavy atom. The van der Waals surface area contributed by atoms with E-state index in [0.29, 0.717) is 40.0 Å². The van der Waals surface area contributed by atoms with Gasteiger partial charge >= 0.3 is 12.0 Å². The number of benzene rings is 2. The maximum absolute atomic E-state index is 12.5. The van der Waals surface area contributed by atoms with Gasteiger partial charge in [-0.2, -0.15) is 0 Å². The number of esters is 1. The summed E-state index contributed by atoms with van der Waals surface area (Å²) < 4.78 is 16.5. The maximum atomic E-state index is 12.5. The van der Waals surface area contributed by atoms with Gasteiger partial charge in [0.2, 0.25) is 0 Å². The highest BCUT2D eigenvalue weighted by molar-refractivity contribution is 6.30. The SMILES string of the molecule is CCOC(=O)C1=C(C)NC(=O)NC1c1ccc(OCc2ccc(Cl)cc2)c(OC)c1. The molecule has 1 heterocycles. The molecule has 30 heavy (non-hydrogen) atoms. The van der Waals surface area contributed by atoms with Crippen molar-refractivity contribution in [3.63, 3.8) is 0 Å². The van der Waals surface area contributed by atoms with Crippen molar-refractivity contribution < 1.29 is 23.8 Å². The van der Waals surface area contributed by atoms with Crippen molar-refractivity contribution in [2.45, 2.75) is 26.5 Å². The Labute approximate surface area is 180 Å². The van der Waals surface area contributed by atoms with Crippen molar-refractivity contribution in [1.29, 1.82) is 0 Å². The largest absolute Gasteiger partial charge is 0.493 e. The highest BCUT2D eigenvalue weighted by Crippen LogP contribution is 2.35. The van der Waals surface area contributed by atoms with Crippen LogP contribution in [0, 0.1) is 0 Å². The van der Waals surface area contributed by atoms with E-state index in [4.69, 9.17) is 25.8 Å². The van der Waals surface area contributed by atoms with E-state index >= 15 is 0 Å². The average Bonchev–Trinajstić information content (AvgIpc) is 2.72. The number of amides is 2. The zero-order valence-electron chi connectivity index (χ0n) is 17.0. The molecular formula is C22H23ClN2O5. The number of rotatable bonds is 7. The normalized spacial score (nSPS) is 15.9. The molecule has 0 saturated heterocycles. The van der Waals surface area contributed by atoms with Gasteiger partial charge in [-0.05, 0) is 49.2 Å². The van der Waals surface area contributed by atoms with Gasteiger partial charge in [0.15, 0.2) is 11.5 Å². The Morgan fingerprint density at radius 2 is 1.87 bits per heavy atom. The molecule has 0 aliphatic carbocycles. The molecule has 0 radical (unpaired) electrons. The maximum Gasteiger partial charge on any atom is 0.338 e. The smallest absolute Gasteiger partial charge is 0.338 e. The van der Waals surface area contributed by atoms with Gasteiger partial charge in [0, 0.05) is 10.7 Å². The molecule has 2 aromatic rings. The number of ether oxygens (including phenoxy) is 3. The van der Waals surface area contributed by atoms with Crippen molar-refractivity contribution in [1.82, 2.24) is 10.6 Å². The fourth-order valence-electron chi connectivity index (χ4n) is 3.15. The summed E-state index contributed by atoms with van der Waals surface area (Å²) in [5, 5.41) is 6.04. The van der Waals surface area contributed by atoms with Crippen LogP contribution in [-0.2, 0) is 16.1 Å². The standard InChI is InChI=1S/C22H23ClN2O5/c1-4-29-21(26)19-13(2)24-22(27)25-20(19)15-7-10-17(18(11-15)28-3)30-12-14-5-8-16(23)9-6-14/h5-11,20H,4,12H2,1-3H3,(H2,24,25,27). The molecule has 0 fully saturated rings. The van der Waals surface area contributed by atoms with Crippen LogP contribution in [0.15, 0.2) is 53.7 Å². The molecule has 0 spiro atoms. The molecule has 1 aliphatic heterocycles. The number of carbonyl (C=O) groups excluding carboxylic acids is 2. The summed E-state index contributed by atoms with van der Waals surface area (Å²) in [6, 6.07) is 11.6. The number of hydrogen-bond donors (Lipinski definition) is 2. The van der Waals surface area contributed by atoms with Crippen molar-refractivity contribution in [2.75, 3.05) is 13.7 Å². The second kappa shape index (κ2) is 9.54. The van der Waals surface area contributed by atoms with Crippen LogP contribution in [0.5, 0.6) is 11.5 Å². The molecule has 1 aliphatic rings. The van der Waals surface area contributed by atoms with Crippen molar-refractivity contribution in [2.24, 2.45) is 0 Å². The van der Waals surface area contributed by atoms with E-state index in [0.717, 1.165) is 5.56 Å². The van der Waals surface area contributed by atoms with Crippen LogP contribution < -0.4 is 20.1 Å². The van der Waals surface area contributed by atoms with Crippen LogP contribution in [0.2, 0.25) is 5.02 Å². The Morgan fingerprint density at radius 3 is 2.53 bits per heavy atom. The molecule has 3 rings (SSSR count). The van der Waals surface area contributed by atoms with Crippen LogP contribution in [-0.4, -0.2) is 25.7 Å². The van der Waals surface area contributed by atoms with Gasteiger partial charge in [0.05, 0.1) is 25.3 Å². The highest BCUT2D eigenvalue weighted by atomic mass is 35.5. The van der Waals surface area contributed by atoms with Gasteiger partial charge in [0.1, 0.15) is 6.61 Å². The molecule has 0 saturated carbocycles. The van der Waals surface area contributed by atoms with Crippen LogP contribution >= 0.6 is 11.6 Å². The molecule has 2 aromatic carbocycles. The Kier molecular flexibility index (Phi) is 6.84. The minimum atomic E-state index is -0.669. The van der Waals surface area contributed by atoms with E-state index < -0.39 is 18.0 Å². The average molecular weight is 431 g/mol. The summed E-state index contributed by atoms with van der Waals surface area (Å²) in [6.45, 7) is 3.97. The molecule has 158 valence electrons. The third kappa shape index (κ3) is 4.86. The monoisotopic (exact) mass is 430 g/mol. The molecule has 2 amide bonds. The Hall–Kier alpha value is -3.19. The zero-order chi connectivity index (χ0) is 21.7. The van der Waals surface area contributed by atoms with Gasteiger partial charge in [-0.15, -0.1) is 0 Å². The first kappa shape index (κ1) is 21.5. The first-order valence-corrected chi connectivity index (χ1v) is 9.81. The fourth-order valence-corrected chi connectivity index (χ4v) is 3.27. The van der Waals surface area contributed by atoms with Crippen molar-refractivity contribution >= 4 is 23.6 Å². The zero-order valence-corrected chi connectivity index (χ0v) is 17.7. The molecule has 7 nitrogen and oxygen atoms in total. The lowest BCUT2D eigenvalue weighted by Gasteiger charge is -2.28. The highest BCUT2D eigenvalue weighted by Gasteiger charge is 2.32. The van der Waals surface area contributed by atoms with Crippen LogP contribution in [0.25, 0.3) is 0 Å². The number of urea groups is 1. The Balaban J connectivity index is 1.86. The number of carbonyl (C=O) groups is 2. The lowest BCUT2D eigenvalue weighted by atomic mass is 9.95. The first-order valence-electron chi connectivity index (χ1n) is 9.43. The lowest BCUT2D eigenvalue weighted by Crippen LogP contribution is -2.45. The van der Waals surface area contributed by atoms with Gasteiger partial charge in [-0.25, -0.2) is 9.59 Å². The topological polar surface area (TPSA) is 85.9 Å². The van der Waals surface area contributed by atoms with E-state index in [1.165, 1.54) is 7.11 Å². The number of hydrogen-bond acceptors (Lipinski definition) is 5. The van der Waals surface area contributed by atoms with Gasteiger partial charge in [0.25, 0.3) is 0 Å². The van der Waals surface area contributed by atoms with Gasteiger partial charge in [-0.1, -0.05) is 29.8 Å². The number of methoxy groups -OCH3 is 1. The number of nitrogens with one attached hydrogen (secondary N) is 2. The predicted molar refractivity (Wildman–Crippen MR) is 113 cm³/mol. The molecule has 1 unspecified atom stereocenters. The number of allylic oxidation sites excluding steroid dienone is 1. The Bertz CT molecular complexity index is 972. The second-order valence-corrected chi connectivity index (χ2v) is 7.05. The minimum Gasteiger partial charge on any atom is -0.493 e.